The molecule has 1 rings (SSSR count). The van der Waals surface area contributed by atoms with Crippen LogP contribution < -0.4 is 5.32 Å². The normalized spacial score (nSPS) is 9.76. The number of nitro benzene ring substituents is 1. The van der Waals surface area contributed by atoms with E-state index in [9.17, 15) is 19.7 Å². The van der Waals surface area contributed by atoms with Crippen LogP contribution in [0.3, 0.4) is 0 Å². The van der Waals surface area contributed by atoms with Gasteiger partial charge in [0, 0.05) is 24.8 Å². The van der Waals surface area contributed by atoms with E-state index in [4.69, 9.17) is 0 Å². The summed E-state index contributed by atoms with van der Waals surface area (Å²) >= 11 is 0.902. The maximum absolute atomic E-state index is 10.9. The van der Waals surface area contributed by atoms with Gasteiger partial charge in [-0.1, -0.05) is 11.8 Å². The highest BCUT2D eigenvalue weighted by molar-refractivity contribution is 8.13. The number of carbonyl (C=O) groups excluding carboxylic acids is 2. The maximum Gasteiger partial charge on any atom is 0.293 e. The number of nitro groups is 1. The Hall–Kier alpha value is -1.89. The molecule has 0 unspecified atom stereocenters. The topological polar surface area (TPSA) is 89.3 Å². The molecule has 1 amide bonds. The lowest BCUT2D eigenvalue weighted by atomic mass is 10.2. The summed E-state index contributed by atoms with van der Waals surface area (Å²) in [4.78, 5) is 32.4. The molecule has 0 heterocycles. The molecule has 17 heavy (non-hydrogen) atoms. The lowest BCUT2D eigenvalue weighted by Crippen LogP contribution is -2.08. The Morgan fingerprint density at radius 3 is 2.47 bits per heavy atom. The average molecular weight is 254 g/mol. The fourth-order valence-electron chi connectivity index (χ4n) is 1.19. The number of hydrogen-bond acceptors (Lipinski definition) is 5. The fraction of sp³-hybridized carbons (Fsp3) is 0.200. The van der Waals surface area contributed by atoms with Crippen molar-refractivity contribution in [2.45, 2.75) is 18.7 Å². The molecule has 0 atom stereocenters. The summed E-state index contributed by atoms with van der Waals surface area (Å²) in [5.74, 6) is -0.389. The molecule has 0 fully saturated rings. The van der Waals surface area contributed by atoms with E-state index >= 15 is 0 Å². The zero-order valence-corrected chi connectivity index (χ0v) is 10.0. The Bertz CT molecular complexity index is 487. The van der Waals surface area contributed by atoms with Crippen molar-refractivity contribution >= 4 is 34.2 Å². The number of thioether (sulfide) groups is 1. The van der Waals surface area contributed by atoms with Crippen molar-refractivity contribution in [3.8, 4) is 0 Å². The molecular weight excluding hydrogens is 244 g/mol. The summed E-state index contributed by atoms with van der Waals surface area (Å²) in [7, 11) is 0. The fourth-order valence-corrected chi connectivity index (χ4v) is 1.83. The molecular formula is C10H10N2O4S. The number of nitrogens with one attached hydrogen (secondary N) is 1. The minimum atomic E-state index is -0.602. The van der Waals surface area contributed by atoms with Gasteiger partial charge in [-0.3, -0.25) is 19.7 Å². The molecule has 1 aromatic carbocycles. The molecule has 6 nitrogen and oxygen atoms in total. The Morgan fingerprint density at radius 2 is 2.00 bits per heavy atom. The minimum absolute atomic E-state index is 0.121. The maximum atomic E-state index is 10.9. The molecule has 90 valence electrons. The van der Waals surface area contributed by atoms with Crippen molar-refractivity contribution in [1.29, 1.82) is 0 Å². The van der Waals surface area contributed by atoms with Crippen LogP contribution in [-0.2, 0) is 9.59 Å². The monoisotopic (exact) mass is 254 g/mol. The van der Waals surface area contributed by atoms with Gasteiger partial charge in [-0.15, -0.1) is 0 Å². The van der Waals surface area contributed by atoms with E-state index in [1.54, 1.807) is 6.07 Å². The van der Waals surface area contributed by atoms with Gasteiger partial charge in [0.1, 0.15) is 5.69 Å². The van der Waals surface area contributed by atoms with Gasteiger partial charge in [0.2, 0.25) is 5.91 Å². The van der Waals surface area contributed by atoms with Crippen molar-refractivity contribution in [3.05, 3.63) is 28.3 Å². The number of hydrogen-bond donors (Lipinski definition) is 1. The van der Waals surface area contributed by atoms with E-state index in [2.05, 4.69) is 5.32 Å². The van der Waals surface area contributed by atoms with Gasteiger partial charge in [0.15, 0.2) is 5.12 Å². The van der Waals surface area contributed by atoms with Gasteiger partial charge in [-0.25, -0.2) is 0 Å². The van der Waals surface area contributed by atoms with Gasteiger partial charge in [0.05, 0.1) is 4.92 Å². The van der Waals surface area contributed by atoms with Crippen LogP contribution in [0.1, 0.15) is 13.8 Å². The third-order valence-electron chi connectivity index (χ3n) is 1.74. The van der Waals surface area contributed by atoms with Crippen molar-refractivity contribution in [2.75, 3.05) is 5.32 Å². The van der Waals surface area contributed by atoms with E-state index < -0.39 is 4.92 Å². The lowest BCUT2D eigenvalue weighted by Gasteiger charge is -2.04. The third-order valence-corrected chi connectivity index (χ3v) is 2.52. The molecule has 1 N–H and O–H groups in total. The molecule has 1 aromatic rings. The molecule has 0 saturated heterocycles. The van der Waals surface area contributed by atoms with E-state index in [-0.39, 0.29) is 22.4 Å². The van der Waals surface area contributed by atoms with Crippen LogP contribution in [0.5, 0.6) is 0 Å². The van der Waals surface area contributed by atoms with E-state index in [0.29, 0.717) is 4.90 Å². The number of amides is 1. The standard InChI is InChI=1S/C10H10N2O4S/c1-6(13)11-9-4-3-8(17-7(2)14)5-10(9)12(15)16/h3-5H,1-2H3,(H,11,13). The number of anilines is 1. The second-order valence-corrected chi connectivity index (χ2v) is 4.46. The Morgan fingerprint density at radius 1 is 1.35 bits per heavy atom. The first kappa shape index (κ1) is 13.2. The molecule has 0 aliphatic rings. The van der Waals surface area contributed by atoms with Gasteiger partial charge in [-0.2, -0.15) is 0 Å². The Labute approximate surface area is 102 Å². The van der Waals surface area contributed by atoms with Gasteiger partial charge < -0.3 is 5.32 Å². The largest absolute Gasteiger partial charge is 0.321 e. The molecule has 0 saturated carbocycles. The summed E-state index contributed by atoms with van der Waals surface area (Å²) in [5, 5.41) is 13.0. The molecule has 0 aliphatic heterocycles. The van der Waals surface area contributed by atoms with Crippen LogP contribution in [0.4, 0.5) is 11.4 Å². The number of benzene rings is 1. The second kappa shape index (κ2) is 5.44. The molecule has 7 heteroatoms. The molecule has 0 aromatic heterocycles. The summed E-state index contributed by atoms with van der Waals surface area (Å²) in [6.45, 7) is 2.64. The predicted molar refractivity (Wildman–Crippen MR) is 63.9 cm³/mol. The first-order chi connectivity index (χ1) is 7.90. The Kier molecular flexibility index (Phi) is 4.22. The molecule has 0 spiro atoms. The van der Waals surface area contributed by atoms with Crippen molar-refractivity contribution in [1.82, 2.24) is 0 Å². The molecule has 0 aliphatic carbocycles. The number of carbonyl (C=O) groups is 2. The quantitative estimate of drug-likeness (QED) is 0.507. The Balaban J connectivity index is 3.12. The molecule has 0 bridgehead atoms. The smallest absolute Gasteiger partial charge is 0.293 e. The van der Waals surface area contributed by atoms with Crippen LogP contribution in [0.2, 0.25) is 0 Å². The first-order valence-corrected chi connectivity index (χ1v) is 5.46. The van der Waals surface area contributed by atoms with E-state index in [1.807, 2.05) is 0 Å². The molecule has 0 radical (unpaired) electrons. The van der Waals surface area contributed by atoms with Crippen molar-refractivity contribution in [3.63, 3.8) is 0 Å². The highest BCUT2D eigenvalue weighted by atomic mass is 32.2. The summed E-state index contributed by atoms with van der Waals surface area (Å²) in [5.41, 5.74) is -0.109. The predicted octanol–water partition coefficient (Wildman–Crippen LogP) is 2.19. The second-order valence-electron chi connectivity index (χ2n) is 3.21. The van der Waals surface area contributed by atoms with Crippen LogP contribution in [0.15, 0.2) is 23.1 Å². The first-order valence-electron chi connectivity index (χ1n) is 4.64. The number of nitrogens with zero attached hydrogens (tertiary/aromatic N) is 1. The summed E-state index contributed by atoms with van der Waals surface area (Å²) < 4.78 is 0. The average Bonchev–Trinajstić information content (AvgIpc) is 2.18. The zero-order chi connectivity index (χ0) is 13.0. The van der Waals surface area contributed by atoms with Gasteiger partial charge >= 0.3 is 0 Å². The van der Waals surface area contributed by atoms with Gasteiger partial charge in [-0.05, 0) is 12.1 Å². The van der Waals surface area contributed by atoms with Crippen molar-refractivity contribution in [2.24, 2.45) is 0 Å². The highest BCUT2D eigenvalue weighted by Gasteiger charge is 2.16. The van der Waals surface area contributed by atoms with Crippen LogP contribution >= 0.6 is 11.8 Å². The summed E-state index contributed by atoms with van der Waals surface area (Å²) in [6, 6.07) is 4.21. The van der Waals surface area contributed by atoms with Gasteiger partial charge in [0.25, 0.3) is 5.69 Å². The van der Waals surface area contributed by atoms with Crippen LogP contribution in [0, 0.1) is 10.1 Å². The van der Waals surface area contributed by atoms with Crippen LogP contribution in [-0.4, -0.2) is 15.9 Å². The van der Waals surface area contributed by atoms with Crippen LogP contribution in [0.25, 0.3) is 0 Å². The van der Waals surface area contributed by atoms with E-state index in [0.717, 1.165) is 11.8 Å². The SMILES string of the molecule is CC(=O)Nc1ccc(SC(C)=O)cc1[N+](=O)[O-]. The van der Waals surface area contributed by atoms with Crippen molar-refractivity contribution < 1.29 is 14.5 Å². The minimum Gasteiger partial charge on any atom is -0.321 e. The number of rotatable bonds is 3. The summed E-state index contributed by atoms with van der Waals surface area (Å²) in [6.07, 6.45) is 0. The third kappa shape index (κ3) is 3.87. The lowest BCUT2D eigenvalue weighted by molar-refractivity contribution is -0.384. The highest BCUT2D eigenvalue weighted by Crippen LogP contribution is 2.30. The van der Waals surface area contributed by atoms with E-state index in [1.165, 1.54) is 26.0 Å². The zero-order valence-electron chi connectivity index (χ0n) is 9.22.